The summed E-state index contributed by atoms with van der Waals surface area (Å²) in [6.45, 7) is 1.83. The van der Waals surface area contributed by atoms with Gasteiger partial charge in [-0.1, -0.05) is 39.8 Å². The number of nitrogens with zero attached hydrogens (tertiary/aromatic N) is 1. The lowest BCUT2D eigenvalue weighted by Crippen LogP contribution is -2.22. The van der Waals surface area contributed by atoms with Gasteiger partial charge in [0.2, 0.25) is 5.91 Å². The Morgan fingerprint density at radius 2 is 1.95 bits per heavy atom. The largest absolute Gasteiger partial charge is 0.431 e. The third kappa shape index (κ3) is 3.51. The van der Waals surface area contributed by atoms with Crippen LogP contribution >= 0.6 is 27.7 Å². The highest BCUT2D eigenvalue weighted by Gasteiger charge is 2.18. The summed E-state index contributed by atoms with van der Waals surface area (Å²) in [6.07, 6.45) is 0. The molecule has 0 aliphatic carbocycles. The van der Waals surface area contributed by atoms with Gasteiger partial charge in [-0.15, -0.1) is 0 Å². The van der Waals surface area contributed by atoms with Crippen molar-refractivity contribution in [1.82, 2.24) is 4.98 Å². The molecule has 1 amide bonds. The van der Waals surface area contributed by atoms with Gasteiger partial charge in [-0.25, -0.2) is 4.98 Å². The molecular weight excluding hydrogens is 364 g/mol. The minimum atomic E-state index is -0.309. The van der Waals surface area contributed by atoms with Gasteiger partial charge >= 0.3 is 0 Å². The third-order valence-electron chi connectivity index (χ3n) is 3.03. The van der Waals surface area contributed by atoms with Gasteiger partial charge in [0, 0.05) is 10.2 Å². The maximum atomic E-state index is 12.2. The molecule has 0 saturated carbocycles. The number of anilines is 1. The van der Waals surface area contributed by atoms with Crippen LogP contribution in [0.1, 0.15) is 6.92 Å². The molecule has 1 heterocycles. The zero-order chi connectivity index (χ0) is 15.5. The first-order valence-electron chi connectivity index (χ1n) is 6.70. The number of thioether (sulfide) groups is 1. The maximum absolute atomic E-state index is 12.2. The molecule has 3 rings (SSSR count). The molecule has 1 aromatic heterocycles. The standard InChI is InChI=1S/C16H13BrN2O2S/c1-10(15(20)18-12-8-6-11(17)7-9-12)22-16-19-13-4-2-3-5-14(13)21-16/h2-10H,1H3,(H,18,20). The lowest BCUT2D eigenvalue weighted by atomic mass is 10.3. The second-order valence-electron chi connectivity index (χ2n) is 4.70. The number of amides is 1. The van der Waals surface area contributed by atoms with Gasteiger partial charge in [-0.2, -0.15) is 0 Å². The van der Waals surface area contributed by atoms with E-state index in [1.807, 2.05) is 55.5 Å². The van der Waals surface area contributed by atoms with E-state index in [0.717, 1.165) is 21.3 Å². The zero-order valence-corrected chi connectivity index (χ0v) is 14.1. The first-order valence-corrected chi connectivity index (χ1v) is 8.38. The van der Waals surface area contributed by atoms with E-state index in [0.29, 0.717) is 5.22 Å². The maximum Gasteiger partial charge on any atom is 0.257 e. The molecule has 22 heavy (non-hydrogen) atoms. The van der Waals surface area contributed by atoms with Crippen molar-refractivity contribution in [1.29, 1.82) is 0 Å². The van der Waals surface area contributed by atoms with E-state index in [9.17, 15) is 4.79 Å². The molecule has 4 nitrogen and oxygen atoms in total. The number of hydrogen-bond acceptors (Lipinski definition) is 4. The van der Waals surface area contributed by atoms with Crippen molar-refractivity contribution < 1.29 is 9.21 Å². The summed E-state index contributed by atoms with van der Waals surface area (Å²) in [6, 6.07) is 15.0. The number of oxazole rings is 1. The van der Waals surface area contributed by atoms with E-state index in [-0.39, 0.29) is 11.2 Å². The van der Waals surface area contributed by atoms with Crippen LogP contribution in [0.5, 0.6) is 0 Å². The normalized spacial score (nSPS) is 12.3. The second-order valence-corrected chi connectivity index (χ2v) is 6.91. The fourth-order valence-electron chi connectivity index (χ4n) is 1.88. The minimum absolute atomic E-state index is 0.0884. The Kier molecular flexibility index (Phi) is 4.49. The summed E-state index contributed by atoms with van der Waals surface area (Å²) in [5.41, 5.74) is 2.29. The summed E-state index contributed by atoms with van der Waals surface area (Å²) in [7, 11) is 0. The average Bonchev–Trinajstić information content (AvgIpc) is 2.91. The number of fused-ring (bicyclic) bond motifs is 1. The van der Waals surface area contributed by atoms with Crippen LogP contribution in [0.3, 0.4) is 0 Å². The van der Waals surface area contributed by atoms with Crippen LogP contribution in [0.15, 0.2) is 62.6 Å². The van der Waals surface area contributed by atoms with Gasteiger partial charge in [-0.3, -0.25) is 4.79 Å². The van der Waals surface area contributed by atoms with E-state index < -0.39 is 0 Å². The smallest absolute Gasteiger partial charge is 0.257 e. The summed E-state index contributed by atoms with van der Waals surface area (Å²) in [5, 5.41) is 3.06. The number of nitrogens with one attached hydrogen (secondary N) is 1. The number of halogens is 1. The minimum Gasteiger partial charge on any atom is -0.431 e. The third-order valence-corrected chi connectivity index (χ3v) is 4.51. The Labute approximate surface area is 140 Å². The van der Waals surface area contributed by atoms with E-state index in [2.05, 4.69) is 26.2 Å². The van der Waals surface area contributed by atoms with Crippen LogP contribution in [0.25, 0.3) is 11.1 Å². The molecule has 0 spiro atoms. The van der Waals surface area contributed by atoms with Crippen molar-refractivity contribution in [3.05, 3.63) is 53.0 Å². The van der Waals surface area contributed by atoms with Crippen molar-refractivity contribution in [2.75, 3.05) is 5.32 Å². The highest BCUT2D eigenvalue weighted by molar-refractivity contribution is 9.10. The summed E-state index contributed by atoms with van der Waals surface area (Å²) in [5.74, 6) is -0.0884. The molecule has 1 atom stereocenters. The van der Waals surface area contributed by atoms with E-state index in [1.165, 1.54) is 11.8 Å². The molecule has 0 aliphatic heterocycles. The van der Waals surface area contributed by atoms with Crippen LogP contribution in [-0.4, -0.2) is 16.1 Å². The molecule has 0 aliphatic rings. The molecule has 1 unspecified atom stereocenters. The van der Waals surface area contributed by atoms with Crippen LogP contribution in [-0.2, 0) is 4.79 Å². The molecule has 0 saturated heterocycles. The molecular formula is C16H13BrN2O2S. The van der Waals surface area contributed by atoms with Crippen molar-refractivity contribution >= 4 is 50.4 Å². The van der Waals surface area contributed by atoms with Gasteiger partial charge in [-0.05, 0) is 43.3 Å². The van der Waals surface area contributed by atoms with Gasteiger partial charge < -0.3 is 9.73 Å². The van der Waals surface area contributed by atoms with Crippen LogP contribution in [0.2, 0.25) is 0 Å². The summed E-state index contributed by atoms with van der Waals surface area (Å²) in [4.78, 5) is 16.6. The molecule has 0 fully saturated rings. The lowest BCUT2D eigenvalue weighted by molar-refractivity contribution is -0.115. The Balaban J connectivity index is 1.66. The van der Waals surface area contributed by atoms with Crippen molar-refractivity contribution in [2.24, 2.45) is 0 Å². The predicted molar refractivity (Wildman–Crippen MR) is 92.1 cm³/mol. The second kappa shape index (κ2) is 6.54. The quantitative estimate of drug-likeness (QED) is 0.669. The lowest BCUT2D eigenvalue weighted by Gasteiger charge is -2.09. The van der Waals surface area contributed by atoms with Crippen LogP contribution < -0.4 is 5.32 Å². The van der Waals surface area contributed by atoms with Crippen LogP contribution in [0, 0.1) is 0 Å². The highest BCUT2D eigenvalue weighted by Crippen LogP contribution is 2.27. The van der Waals surface area contributed by atoms with Gasteiger partial charge in [0.25, 0.3) is 5.22 Å². The van der Waals surface area contributed by atoms with E-state index in [4.69, 9.17) is 4.42 Å². The number of benzene rings is 2. The Bertz CT molecular complexity index is 768. The fraction of sp³-hybridized carbons (Fsp3) is 0.125. The number of rotatable bonds is 4. The number of para-hydroxylation sites is 2. The molecule has 6 heteroatoms. The highest BCUT2D eigenvalue weighted by atomic mass is 79.9. The number of aromatic nitrogens is 1. The number of carbonyl (C=O) groups excluding carboxylic acids is 1. The van der Waals surface area contributed by atoms with E-state index in [1.54, 1.807) is 0 Å². The van der Waals surface area contributed by atoms with Gasteiger partial charge in [0.05, 0.1) is 5.25 Å². The molecule has 112 valence electrons. The molecule has 0 radical (unpaired) electrons. The SMILES string of the molecule is CC(Sc1nc2ccccc2o1)C(=O)Nc1ccc(Br)cc1. The average molecular weight is 377 g/mol. The molecule has 2 aromatic carbocycles. The number of hydrogen-bond donors (Lipinski definition) is 1. The van der Waals surface area contributed by atoms with Gasteiger partial charge in [0.1, 0.15) is 5.52 Å². The van der Waals surface area contributed by atoms with Crippen LogP contribution in [0.4, 0.5) is 5.69 Å². The van der Waals surface area contributed by atoms with Crippen molar-refractivity contribution in [2.45, 2.75) is 17.4 Å². The number of carbonyl (C=O) groups is 1. The molecule has 0 bridgehead atoms. The Hall–Kier alpha value is -1.79. The van der Waals surface area contributed by atoms with Crippen molar-refractivity contribution in [3.63, 3.8) is 0 Å². The topological polar surface area (TPSA) is 55.1 Å². The summed E-state index contributed by atoms with van der Waals surface area (Å²) < 4.78 is 6.59. The first-order chi connectivity index (χ1) is 10.6. The predicted octanol–water partition coefficient (Wildman–Crippen LogP) is 4.71. The summed E-state index contributed by atoms with van der Waals surface area (Å²) >= 11 is 4.66. The fourth-order valence-corrected chi connectivity index (χ4v) is 2.91. The Morgan fingerprint density at radius 3 is 2.68 bits per heavy atom. The molecule has 3 aromatic rings. The monoisotopic (exact) mass is 376 g/mol. The van der Waals surface area contributed by atoms with Crippen molar-refractivity contribution in [3.8, 4) is 0 Å². The molecule has 1 N–H and O–H groups in total. The first kappa shape index (κ1) is 15.1. The van der Waals surface area contributed by atoms with Gasteiger partial charge in [0.15, 0.2) is 5.58 Å². The zero-order valence-electron chi connectivity index (χ0n) is 11.7. The van der Waals surface area contributed by atoms with E-state index >= 15 is 0 Å². The Morgan fingerprint density at radius 1 is 1.23 bits per heavy atom.